The first-order valence-electron chi connectivity index (χ1n) is 8.64. The van der Waals surface area contributed by atoms with Crippen molar-refractivity contribution in [3.8, 4) is 0 Å². The molecule has 1 atom stereocenters. The van der Waals surface area contributed by atoms with Crippen LogP contribution in [0, 0.1) is 6.92 Å². The van der Waals surface area contributed by atoms with E-state index in [9.17, 15) is 4.79 Å². The number of hydrogen-bond donors (Lipinski definition) is 3. The van der Waals surface area contributed by atoms with Gasteiger partial charge in [-0.15, -0.1) is 0 Å². The summed E-state index contributed by atoms with van der Waals surface area (Å²) in [5.74, 6) is 2.90. The van der Waals surface area contributed by atoms with E-state index in [1.807, 2.05) is 27.7 Å². The highest BCUT2D eigenvalue weighted by Gasteiger charge is 2.13. The summed E-state index contributed by atoms with van der Waals surface area (Å²) in [6, 6.07) is 3.31. The predicted molar refractivity (Wildman–Crippen MR) is 97.0 cm³/mol. The van der Waals surface area contributed by atoms with Crippen LogP contribution in [0.25, 0.3) is 0 Å². The molecule has 0 aliphatic carbocycles. The monoisotopic (exact) mass is 370 g/mol. The first kappa shape index (κ1) is 18.5. The van der Waals surface area contributed by atoms with Crippen molar-refractivity contribution in [3.63, 3.8) is 0 Å². The van der Waals surface area contributed by atoms with E-state index in [1.165, 1.54) is 6.20 Å². The summed E-state index contributed by atoms with van der Waals surface area (Å²) in [7, 11) is 0. The molecular weight excluding hydrogens is 348 g/mol. The number of nitrogens with one attached hydrogen (secondary N) is 3. The molecule has 0 spiro atoms. The molecule has 3 N–H and O–H groups in total. The maximum absolute atomic E-state index is 12.2. The minimum atomic E-state index is -0.261. The van der Waals surface area contributed by atoms with E-state index in [4.69, 9.17) is 4.52 Å². The van der Waals surface area contributed by atoms with Crippen molar-refractivity contribution < 1.29 is 9.32 Å². The minimum absolute atomic E-state index is 0.115. The molecule has 27 heavy (non-hydrogen) atoms. The average Bonchev–Trinajstić information content (AvgIpc) is 3.29. The summed E-state index contributed by atoms with van der Waals surface area (Å²) in [4.78, 5) is 25.0. The molecule has 10 nitrogen and oxygen atoms in total. The lowest BCUT2D eigenvalue weighted by Crippen LogP contribution is -2.23. The predicted octanol–water partition coefficient (Wildman–Crippen LogP) is 2.12. The third-order valence-corrected chi connectivity index (χ3v) is 3.78. The summed E-state index contributed by atoms with van der Waals surface area (Å²) >= 11 is 0. The van der Waals surface area contributed by atoms with Crippen molar-refractivity contribution in [2.45, 2.75) is 46.2 Å². The van der Waals surface area contributed by atoms with Crippen LogP contribution in [0.2, 0.25) is 0 Å². The minimum Gasteiger partial charge on any atom is -0.360 e. The van der Waals surface area contributed by atoms with Crippen LogP contribution in [0.5, 0.6) is 0 Å². The summed E-state index contributed by atoms with van der Waals surface area (Å²) in [5, 5.41) is 16.7. The molecule has 0 bridgehead atoms. The van der Waals surface area contributed by atoms with Gasteiger partial charge in [0.25, 0.3) is 5.91 Å². The number of nitrogens with zero attached hydrogens (tertiary/aromatic N) is 5. The van der Waals surface area contributed by atoms with Crippen molar-refractivity contribution in [1.29, 1.82) is 0 Å². The zero-order valence-corrected chi connectivity index (χ0v) is 15.6. The highest BCUT2D eigenvalue weighted by Crippen LogP contribution is 2.15. The number of hydrogen-bond acceptors (Lipinski definition) is 8. The van der Waals surface area contributed by atoms with Crippen LogP contribution in [0.1, 0.15) is 66.5 Å². The Hall–Kier alpha value is -3.30. The largest absolute Gasteiger partial charge is 0.360 e. The van der Waals surface area contributed by atoms with Gasteiger partial charge in [-0.05, 0) is 26.0 Å². The van der Waals surface area contributed by atoms with Crippen molar-refractivity contribution in [2.75, 3.05) is 5.32 Å². The summed E-state index contributed by atoms with van der Waals surface area (Å²) in [6.45, 7) is 7.88. The van der Waals surface area contributed by atoms with E-state index >= 15 is 0 Å². The molecule has 0 unspecified atom stereocenters. The second kappa shape index (κ2) is 7.94. The fourth-order valence-electron chi connectivity index (χ4n) is 2.29. The van der Waals surface area contributed by atoms with Gasteiger partial charge in [-0.3, -0.25) is 9.89 Å². The molecule has 0 aliphatic rings. The number of carbonyl (C=O) groups is 1. The molecule has 3 aromatic heterocycles. The standard InChI is InChI=1S/C17H22N8O2/c1-9(2)17-22-14(25-27-17)8-19-16(26)12-5-6-13(18-7-12)20-10(3)15-21-11(4)23-24-15/h5-7,9-10H,8H2,1-4H3,(H,18,20)(H,19,26)(H,21,23,24)/t10-/m0/s1. The number of rotatable bonds is 7. The Labute approximate surface area is 156 Å². The van der Waals surface area contributed by atoms with Gasteiger partial charge < -0.3 is 15.2 Å². The first-order valence-corrected chi connectivity index (χ1v) is 8.64. The van der Waals surface area contributed by atoms with Crippen molar-refractivity contribution in [2.24, 2.45) is 0 Å². The smallest absolute Gasteiger partial charge is 0.253 e. The highest BCUT2D eigenvalue weighted by atomic mass is 16.5. The number of anilines is 1. The normalized spacial score (nSPS) is 12.2. The van der Waals surface area contributed by atoms with E-state index < -0.39 is 0 Å². The molecule has 0 radical (unpaired) electrons. The van der Waals surface area contributed by atoms with Gasteiger partial charge >= 0.3 is 0 Å². The van der Waals surface area contributed by atoms with Crippen molar-refractivity contribution in [1.82, 2.24) is 35.6 Å². The van der Waals surface area contributed by atoms with E-state index in [2.05, 4.69) is 40.9 Å². The van der Waals surface area contributed by atoms with Gasteiger partial charge in [-0.1, -0.05) is 19.0 Å². The van der Waals surface area contributed by atoms with Crippen molar-refractivity contribution in [3.05, 3.63) is 47.3 Å². The molecule has 3 aromatic rings. The zero-order valence-electron chi connectivity index (χ0n) is 15.6. The number of aromatic nitrogens is 6. The number of amides is 1. The van der Waals surface area contributed by atoms with Crippen LogP contribution in [-0.2, 0) is 6.54 Å². The second-order valence-corrected chi connectivity index (χ2v) is 6.46. The fraction of sp³-hybridized carbons (Fsp3) is 0.412. The Kier molecular flexibility index (Phi) is 5.43. The van der Waals surface area contributed by atoms with Crippen molar-refractivity contribution >= 4 is 11.7 Å². The van der Waals surface area contributed by atoms with E-state index in [0.29, 0.717) is 28.9 Å². The van der Waals surface area contributed by atoms with Gasteiger partial charge in [-0.25, -0.2) is 9.97 Å². The van der Waals surface area contributed by atoms with Crippen LogP contribution in [0.15, 0.2) is 22.9 Å². The topological polar surface area (TPSA) is 135 Å². The molecular formula is C17H22N8O2. The zero-order chi connectivity index (χ0) is 19.4. The summed E-state index contributed by atoms with van der Waals surface area (Å²) < 4.78 is 5.11. The summed E-state index contributed by atoms with van der Waals surface area (Å²) in [6.07, 6.45) is 1.50. The van der Waals surface area contributed by atoms with Crippen LogP contribution < -0.4 is 10.6 Å². The Morgan fingerprint density at radius 1 is 1.26 bits per heavy atom. The van der Waals surface area contributed by atoms with Crippen LogP contribution in [0.4, 0.5) is 5.82 Å². The van der Waals surface area contributed by atoms with Crippen LogP contribution in [-0.4, -0.2) is 36.2 Å². The number of pyridine rings is 1. The van der Waals surface area contributed by atoms with E-state index in [-0.39, 0.29) is 24.4 Å². The number of aromatic amines is 1. The van der Waals surface area contributed by atoms with E-state index in [1.54, 1.807) is 12.1 Å². The van der Waals surface area contributed by atoms with Gasteiger partial charge in [0, 0.05) is 12.1 Å². The second-order valence-electron chi connectivity index (χ2n) is 6.46. The Morgan fingerprint density at radius 3 is 2.67 bits per heavy atom. The maximum Gasteiger partial charge on any atom is 0.253 e. The third-order valence-electron chi connectivity index (χ3n) is 3.78. The van der Waals surface area contributed by atoms with Crippen LogP contribution >= 0.6 is 0 Å². The van der Waals surface area contributed by atoms with E-state index in [0.717, 1.165) is 5.82 Å². The molecule has 1 amide bonds. The van der Waals surface area contributed by atoms with Crippen LogP contribution in [0.3, 0.4) is 0 Å². The molecule has 3 heterocycles. The quantitative estimate of drug-likeness (QED) is 0.575. The Bertz CT molecular complexity index is 900. The fourth-order valence-corrected chi connectivity index (χ4v) is 2.29. The molecule has 10 heteroatoms. The number of carbonyl (C=O) groups excluding carboxylic acids is 1. The Morgan fingerprint density at radius 2 is 2.07 bits per heavy atom. The van der Waals surface area contributed by atoms with Gasteiger partial charge in [-0.2, -0.15) is 10.1 Å². The lowest BCUT2D eigenvalue weighted by molar-refractivity contribution is 0.0949. The highest BCUT2D eigenvalue weighted by molar-refractivity contribution is 5.93. The van der Waals surface area contributed by atoms with Gasteiger partial charge in [0.1, 0.15) is 11.6 Å². The molecule has 142 valence electrons. The lowest BCUT2D eigenvalue weighted by atomic mass is 10.2. The van der Waals surface area contributed by atoms with Gasteiger partial charge in [0.15, 0.2) is 11.6 Å². The first-order chi connectivity index (χ1) is 12.9. The summed E-state index contributed by atoms with van der Waals surface area (Å²) in [5.41, 5.74) is 0.439. The lowest BCUT2D eigenvalue weighted by Gasteiger charge is -2.11. The molecule has 0 fully saturated rings. The van der Waals surface area contributed by atoms with Gasteiger partial charge in [0.2, 0.25) is 5.89 Å². The Balaban J connectivity index is 1.55. The molecule has 0 saturated carbocycles. The molecule has 0 saturated heterocycles. The SMILES string of the molecule is Cc1nc([C@H](C)Nc2ccc(C(=O)NCc3noc(C(C)C)n3)cn2)n[nH]1. The molecule has 3 rings (SSSR count). The maximum atomic E-state index is 12.2. The number of H-pyrrole nitrogens is 1. The number of aryl methyl sites for hydroxylation is 1. The average molecular weight is 370 g/mol. The van der Waals surface area contributed by atoms with Gasteiger partial charge in [0.05, 0.1) is 18.2 Å². The molecule has 0 aliphatic heterocycles. The molecule has 0 aromatic carbocycles. The third kappa shape index (κ3) is 4.66.